The molecule has 0 radical (unpaired) electrons. The third-order valence-corrected chi connectivity index (χ3v) is 4.74. The summed E-state index contributed by atoms with van der Waals surface area (Å²) in [6.45, 7) is -0.553. The number of rotatable bonds is 3. The van der Waals surface area contributed by atoms with Gasteiger partial charge in [0.2, 0.25) is 0 Å². The quantitative estimate of drug-likeness (QED) is 0.876. The molecule has 1 heterocycles. The van der Waals surface area contributed by atoms with Gasteiger partial charge in [-0.05, 0) is 30.9 Å². The molecule has 0 atom stereocenters. The largest absolute Gasteiger partial charge is 0.506 e. The Morgan fingerprint density at radius 3 is 2.67 bits per heavy atom. The summed E-state index contributed by atoms with van der Waals surface area (Å²) in [7, 11) is -4.16. The van der Waals surface area contributed by atoms with Crippen molar-refractivity contribution in [3.63, 3.8) is 0 Å². The maximum absolute atomic E-state index is 14.5. The van der Waals surface area contributed by atoms with E-state index < -0.39 is 39.9 Å². The number of allylic oxidation sites excluding steroid dienone is 1. The summed E-state index contributed by atoms with van der Waals surface area (Å²) in [5.74, 6) is -1.74. The van der Waals surface area contributed by atoms with Gasteiger partial charge in [0, 0.05) is 5.56 Å². The van der Waals surface area contributed by atoms with E-state index in [1.165, 1.54) is 12.1 Å². The highest BCUT2D eigenvalue weighted by atomic mass is 32.2. The fourth-order valence-corrected chi connectivity index (χ4v) is 3.27. The average molecular weight is 312 g/mol. The van der Waals surface area contributed by atoms with E-state index >= 15 is 0 Å². The zero-order chi connectivity index (χ0) is 15.2. The molecule has 2 N–H and O–H groups in total. The summed E-state index contributed by atoms with van der Waals surface area (Å²) >= 11 is 0. The number of amides is 1. The van der Waals surface area contributed by atoms with Crippen molar-refractivity contribution in [2.75, 3.05) is 10.8 Å². The zero-order valence-electron chi connectivity index (χ0n) is 10.9. The van der Waals surface area contributed by atoms with Crippen LogP contribution in [0.4, 0.5) is 10.1 Å². The lowest BCUT2D eigenvalue weighted by Crippen LogP contribution is -2.30. The summed E-state index contributed by atoms with van der Waals surface area (Å²) in [5, 5.41) is 9.78. The van der Waals surface area contributed by atoms with Crippen LogP contribution >= 0.6 is 0 Å². The smallest absolute Gasteiger partial charge is 0.326 e. The fourth-order valence-electron chi connectivity index (χ4n) is 2.11. The fraction of sp³-hybridized carbons (Fsp3) is 0.308. The summed E-state index contributed by atoms with van der Waals surface area (Å²) in [6.07, 6.45) is 5.53. The van der Waals surface area contributed by atoms with Crippen molar-refractivity contribution in [2.45, 2.75) is 12.8 Å². The highest BCUT2D eigenvalue weighted by Gasteiger charge is 2.37. The molecule has 3 rings (SSSR count). The molecule has 21 heavy (non-hydrogen) atoms. The molecule has 1 saturated carbocycles. The lowest BCUT2D eigenvalue weighted by Gasteiger charge is -2.17. The van der Waals surface area contributed by atoms with Crippen LogP contribution in [0, 0.1) is 11.7 Å². The van der Waals surface area contributed by atoms with Gasteiger partial charge in [0.1, 0.15) is 18.0 Å². The van der Waals surface area contributed by atoms with Gasteiger partial charge >= 0.3 is 10.2 Å². The topological polar surface area (TPSA) is 86.7 Å². The Balaban J connectivity index is 2.05. The molecule has 1 aromatic rings. The standard InChI is InChI=1S/C13H13FN2O4S/c14-12-9(4-3-8-1-2-8)5-6-10(17)13(12)16-7-11(18)15-21(16,19)20/h3-6,8,17H,1-2,7H2,(H,15,18)/b4-3+. The second-order valence-corrected chi connectivity index (χ2v) is 6.67. The number of hydrogen-bond donors (Lipinski definition) is 2. The number of benzene rings is 1. The van der Waals surface area contributed by atoms with Crippen molar-refractivity contribution in [2.24, 2.45) is 5.92 Å². The van der Waals surface area contributed by atoms with Crippen molar-refractivity contribution in [1.29, 1.82) is 0 Å². The van der Waals surface area contributed by atoms with Gasteiger partial charge in [-0.25, -0.2) is 13.4 Å². The van der Waals surface area contributed by atoms with Crippen molar-refractivity contribution >= 4 is 27.9 Å². The van der Waals surface area contributed by atoms with Crippen LogP contribution < -0.4 is 9.03 Å². The number of phenolic OH excluding ortho intramolecular Hbond substituents is 1. The number of halogens is 1. The van der Waals surface area contributed by atoms with E-state index in [1.807, 2.05) is 6.08 Å². The number of carbonyl (C=O) groups excluding carboxylic acids is 1. The summed E-state index contributed by atoms with van der Waals surface area (Å²) in [4.78, 5) is 11.2. The first-order valence-electron chi connectivity index (χ1n) is 6.41. The molecule has 8 heteroatoms. The normalized spacial score (nSPS) is 21.0. The number of hydrogen-bond acceptors (Lipinski definition) is 4. The molecule has 0 bridgehead atoms. The molecule has 1 saturated heterocycles. The zero-order valence-corrected chi connectivity index (χ0v) is 11.7. The summed E-state index contributed by atoms with van der Waals surface area (Å²) < 4.78 is 40.3. The van der Waals surface area contributed by atoms with E-state index in [9.17, 15) is 22.7 Å². The van der Waals surface area contributed by atoms with E-state index in [0.717, 1.165) is 12.8 Å². The molecule has 112 valence electrons. The van der Waals surface area contributed by atoms with E-state index in [4.69, 9.17) is 0 Å². The SMILES string of the molecule is O=C1CN(c2c(O)ccc(/C=C/C3CC3)c2F)S(=O)(=O)N1. The minimum atomic E-state index is -4.16. The number of carbonyl (C=O) groups is 1. The molecule has 2 aliphatic rings. The molecule has 0 spiro atoms. The van der Waals surface area contributed by atoms with E-state index in [-0.39, 0.29) is 5.56 Å². The lowest BCUT2D eigenvalue weighted by atomic mass is 10.1. The molecule has 2 fully saturated rings. The van der Waals surface area contributed by atoms with Crippen LogP contribution in [-0.4, -0.2) is 26.0 Å². The first kappa shape index (κ1) is 13.9. The van der Waals surface area contributed by atoms with Gasteiger partial charge in [0.15, 0.2) is 5.82 Å². The first-order chi connectivity index (χ1) is 9.88. The van der Waals surface area contributed by atoms with Gasteiger partial charge in [0.25, 0.3) is 5.91 Å². The average Bonchev–Trinajstić information content (AvgIpc) is 3.15. The Labute approximate surface area is 121 Å². The monoisotopic (exact) mass is 312 g/mol. The van der Waals surface area contributed by atoms with Gasteiger partial charge in [-0.2, -0.15) is 8.42 Å². The Morgan fingerprint density at radius 1 is 1.38 bits per heavy atom. The molecular formula is C13H13FN2O4S. The highest BCUT2D eigenvalue weighted by molar-refractivity contribution is 7.92. The summed E-state index contributed by atoms with van der Waals surface area (Å²) in [5.41, 5.74) is -0.337. The van der Waals surface area contributed by atoms with Gasteiger partial charge in [-0.1, -0.05) is 12.2 Å². The number of anilines is 1. The summed E-state index contributed by atoms with van der Waals surface area (Å²) in [6, 6.07) is 2.58. The van der Waals surface area contributed by atoms with Crippen LogP contribution in [0.2, 0.25) is 0 Å². The third-order valence-electron chi connectivity index (χ3n) is 3.36. The number of phenols is 1. The van der Waals surface area contributed by atoms with Crippen LogP contribution in [0.1, 0.15) is 18.4 Å². The minimum absolute atomic E-state index is 0.171. The Hall–Kier alpha value is -2.09. The second-order valence-electron chi connectivity index (χ2n) is 5.07. The molecule has 0 aromatic heterocycles. The Bertz CT molecular complexity index is 741. The van der Waals surface area contributed by atoms with Crippen LogP contribution in [0.5, 0.6) is 5.75 Å². The van der Waals surface area contributed by atoms with Gasteiger partial charge in [-0.3, -0.25) is 4.79 Å². The molecular weight excluding hydrogens is 299 g/mol. The molecule has 1 aromatic carbocycles. The van der Waals surface area contributed by atoms with Crippen LogP contribution in [-0.2, 0) is 15.0 Å². The van der Waals surface area contributed by atoms with Gasteiger partial charge in [0.05, 0.1) is 0 Å². The van der Waals surface area contributed by atoms with Gasteiger partial charge < -0.3 is 5.11 Å². The maximum atomic E-state index is 14.5. The van der Waals surface area contributed by atoms with E-state index in [1.54, 1.807) is 10.8 Å². The third kappa shape index (κ3) is 2.58. The van der Waals surface area contributed by atoms with Crippen LogP contribution in [0.3, 0.4) is 0 Å². The lowest BCUT2D eigenvalue weighted by molar-refractivity contribution is -0.117. The highest BCUT2D eigenvalue weighted by Crippen LogP contribution is 2.36. The Kier molecular flexibility index (Phi) is 3.12. The predicted molar refractivity (Wildman–Crippen MR) is 74.2 cm³/mol. The van der Waals surface area contributed by atoms with E-state index in [0.29, 0.717) is 10.2 Å². The maximum Gasteiger partial charge on any atom is 0.326 e. The first-order valence-corrected chi connectivity index (χ1v) is 7.85. The van der Waals surface area contributed by atoms with Crippen molar-refractivity contribution < 1.29 is 22.7 Å². The molecule has 0 unspecified atom stereocenters. The Morgan fingerprint density at radius 2 is 2.10 bits per heavy atom. The number of nitrogens with one attached hydrogen (secondary N) is 1. The van der Waals surface area contributed by atoms with E-state index in [2.05, 4.69) is 0 Å². The number of aromatic hydroxyl groups is 1. The van der Waals surface area contributed by atoms with Crippen LogP contribution in [0.15, 0.2) is 18.2 Å². The second kappa shape index (κ2) is 4.73. The predicted octanol–water partition coefficient (Wildman–Crippen LogP) is 1.14. The number of nitrogens with zero attached hydrogens (tertiary/aromatic N) is 1. The minimum Gasteiger partial charge on any atom is -0.506 e. The van der Waals surface area contributed by atoms with Crippen molar-refractivity contribution in [3.05, 3.63) is 29.6 Å². The molecule has 1 amide bonds. The van der Waals surface area contributed by atoms with Crippen molar-refractivity contribution in [3.8, 4) is 5.75 Å². The molecule has 6 nitrogen and oxygen atoms in total. The van der Waals surface area contributed by atoms with Gasteiger partial charge in [-0.15, -0.1) is 0 Å². The van der Waals surface area contributed by atoms with Crippen LogP contribution in [0.25, 0.3) is 6.08 Å². The molecule has 1 aliphatic heterocycles. The van der Waals surface area contributed by atoms with Crippen molar-refractivity contribution in [1.82, 2.24) is 4.72 Å². The molecule has 1 aliphatic carbocycles.